The Morgan fingerprint density at radius 1 is 1.42 bits per heavy atom. The molecule has 8 nitrogen and oxygen atoms in total. The minimum absolute atomic E-state index is 0.101. The lowest BCUT2D eigenvalue weighted by atomic mass is 10.3. The molecule has 3 heterocycles. The first-order valence-corrected chi connectivity index (χ1v) is 9.40. The maximum absolute atomic E-state index is 12.0. The molecule has 0 saturated heterocycles. The molecule has 1 aliphatic carbocycles. The van der Waals surface area contributed by atoms with Crippen LogP contribution in [0.25, 0.3) is 11.4 Å². The summed E-state index contributed by atoms with van der Waals surface area (Å²) in [6, 6.07) is 6.01. The van der Waals surface area contributed by atoms with Crippen molar-refractivity contribution in [1.29, 1.82) is 0 Å². The van der Waals surface area contributed by atoms with E-state index in [1.165, 1.54) is 11.8 Å². The zero-order valence-corrected chi connectivity index (χ0v) is 15.1. The van der Waals surface area contributed by atoms with Crippen LogP contribution in [0.15, 0.2) is 40.3 Å². The fourth-order valence-electron chi connectivity index (χ4n) is 2.59. The molecule has 9 heteroatoms. The van der Waals surface area contributed by atoms with Gasteiger partial charge in [-0.2, -0.15) is 0 Å². The van der Waals surface area contributed by atoms with Crippen LogP contribution in [-0.2, 0) is 4.79 Å². The maximum Gasteiger partial charge on any atom is 0.226 e. The number of pyridine rings is 1. The molecule has 0 aromatic carbocycles. The Hall–Kier alpha value is -2.68. The summed E-state index contributed by atoms with van der Waals surface area (Å²) < 4.78 is 7.10. The van der Waals surface area contributed by atoms with E-state index >= 15 is 0 Å². The summed E-state index contributed by atoms with van der Waals surface area (Å²) in [7, 11) is 0. The molecule has 1 aliphatic rings. The smallest absolute Gasteiger partial charge is 0.226 e. The normalized spacial score (nSPS) is 13.7. The number of carbonyl (C=O) groups is 1. The number of aromatic nitrogens is 5. The van der Waals surface area contributed by atoms with Crippen LogP contribution in [0.1, 0.15) is 31.1 Å². The van der Waals surface area contributed by atoms with Gasteiger partial charge in [-0.3, -0.25) is 14.3 Å². The van der Waals surface area contributed by atoms with Gasteiger partial charge >= 0.3 is 0 Å². The number of hydrogen-bond donors (Lipinski definition) is 1. The molecule has 0 atom stereocenters. The molecule has 0 bridgehead atoms. The van der Waals surface area contributed by atoms with Gasteiger partial charge in [0.1, 0.15) is 5.76 Å². The Labute approximate surface area is 154 Å². The predicted octanol–water partition coefficient (Wildman–Crippen LogP) is 3.09. The standard InChI is InChI=1S/C17H18N6O2S/c1-11-9-14(22-25-11)19-15(24)6-8-26-17-21-20-16(23(17)13-4-5-13)12-3-2-7-18-10-12/h2-3,7,9-10,13H,4-6,8H2,1H3,(H,19,22,24). The Morgan fingerprint density at radius 3 is 3.00 bits per heavy atom. The molecule has 1 N–H and O–H groups in total. The number of rotatable bonds is 7. The topological polar surface area (TPSA) is 98.7 Å². The average molecular weight is 370 g/mol. The average Bonchev–Trinajstić information content (AvgIpc) is 3.27. The largest absolute Gasteiger partial charge is 0.360 e. The number of hydrogen-bond acceptors (Lipinski definition) is 7. The highest BCUT2D eigenvalue weighted by Gasteiger charge is 2.30. The summed E-state index contributed by atoms with van der Waals surface area (Å²) in [5, 5.41) is 16.0. The van der Waals surface area contributed by atoms with Crippen LogP contribution >= 0.6 is 11.8 Å². The second kappa shape index (κ2) is 7.28. The summed E-state index contributed by atoms with van der Waals surface area (Å²) in [6.07, 6.45) is 6.16. The summed E-state index contributed by atoms with van der Waals surface area (Å²) >= 11 is 1.54. The first-order valence-electron chi connectivity index (χ1n) is 8.42. The minimum atomic E-state index is -0.101. The lowest BCUT2D eigenvalue weighted by molar-refractivity contribution is -0.115. The number of thioether (sulfide) groups is 1. The second-order valence-electron chi connectivity index (χ2n) is 6.12. The lowest BCUT2D eigenvalue weighted by Crippen LogP contribution is -2.12. The third-order valence-electron chi connectivity index (χ3n) is 3.95. The summed E-state index contributed by atoms with van der Waals surface area (Å²) in [6.45, 7) is 1.78. The number of anilines is 1. The molecule has 0 radical (unpaired) electrons. The van der Waals surface area contributed by atoms with Crippen molar-refractivity contribution in [1.82, 2.24) is 24.9 Å². The van der Waals surface area contributed by atoms with Crippen LogP contribution in [0, 0.1) is 6.92 Å². The van der Waals surface area contributed by atoms with Crippen molar-refractivity contribution < 1.29 is 9.32 Å². The SMILES string of the molecule is Cc1cc(NC(=O)CCSc2nnc(-c3cccnc3)n2C2CC2)no1. The first kappa shape index (κ1) is 16.8. The van der Waals surface area contributed by atoms with E-state index in [0.29, 0.717) is 29.8 Å². The van der Waals surface area contributed by atoms with Crippen molar-refractivity contribution in [3.63, 3.8) is 0 Å². The maximum atomic E-state index is 12.0. The second-order valence-corrected chi connectivity index (χ2v) is 7.18. The van der Waals surface area contributed by atoms with Crippen LogP contribution in [0.4, 0.5) is 5.82 Å². The van der Waals surface area contributed by atoms with Crippen molar-refractivity contribution in [2.45, 2.75) is 37.4 Å². The molecular weight excluding hydrogens is 352 g/mol. The van der Waals surface area contributed by atoms with E-state index in [0.717, 1.165) is 29.4 Å². The fourth-order valence-corrected chi connectivity index (χ4v) is 3.54. The number of amides is 1. The van der Waals surface area contributed by atoms with Crippen LogP contribution < -0.4 is 5.32 Å². The van der Waals surface area contributed by atoms with Gasteiger partial charge in [0.25, 0.3) is 0 Å². The lowest BCUT2D eigenvalue weighted by Gasteiger charge is -2.08. The number of aryl methyl sites for hydroxylation is 1. The molecule has 1 saturated carbocycles. The van der Waals surface area contributed by atoms with Crippen molar-refractivity contribution in [2.24, 2.45) is 0 Å². The van der Waals surface area contributed by atoms with Gasteiger partial charge in [-0.1, -0.05) is 16.9 Å². The van der Waals surface area contributed by atoms with Crippen LogP contribution in [0.5, 0.6) is 0 Å². The molecule has 1 amide bonds. The Kier molecular flexibility index (Phi) is 4.70. The van der Waals surface area contributed by atoms with E-state index in [1.807, 2.05) is 12.1 Å². The highest BCUT2D eigenvalue weighted by atomic mass is 32.2. The third kappa shape index (κ3) is 3.77. The van der Waals surface area contributed by atoms with Crippen molar-refractivity contribution in [3.8, 4) is 11.4 Å². The summed E-state index contributed by atoms with van der Waals surface area (Å²) in [5.41, 5.74) is 0.956. The molecule has 0 aliphatic heterocycles. The molecule has 1 fully saturated rings. The Balaban J connectivity index is 1.39. The monoisotopic (exact) mass is 370 g/mol. The highest BCUT2D eigenvalue weighted by molar-refractivity contribution is 7.99. The zero-order chi connectivity index (χ0) is 17.9. The molecule has 3 aromatic heterocycles. The zero-order valence-electron chi connectivity index (χ0n) is 14.3. The van der Waals surface area contributed by atoms with Crippen LogP contribution in [0.2, 0.25) is 0 Å². The van der Waals surface area contributed by atoms with E-state index in [1.54, 1.807) is 25.4 Å². The van der Waals surface area contributed by atoms with Gasteiger partial charge in [-0.05, 0) is 31.9 Å². The van der Waals surface area contributed by atoms with E-state index in [-0.39, 0.29) is 5.91 Å². The van der Waals surface area contributed by atoms with Gasteiger partial charge in [0.05, 0.1) is 0 Å². The van der Waals surface area contributed by atoms with Gasteiger partial charge in [-0.15, -0.1) is 10.2 Å². The van der Waals surface area contributed by atoms with Crippen molar-refractivity contribution in [3.05, 3.63) is 36.4 Å². The van der Waals surface area contributed by atoms with E-state index < -0.39 is 0 Å². The molecule has 0 unspecified atom stereocenters. The van der Waals surface area contributed by atoms with Gasteiger partial charge < -0.3 is 9.84 Å². The number of nitrogens with one attached hydrogen (secondary N) is 1. The van der Waals surface area contributed by atoms with Gasteiger partial charge in [0, 0.05) is 42.2 Å². The quantitative estimate of drug-likeness (QED) is 0.638. The van der Waals surface area contributed by atoms with Gasteiger partial charge in [0.15, 0.2) is 16.8 Å². The first-order chi connectivity index (χ1) is 12.7. The van der Waals surface area contributed by atoms with Crippen molar-refractivity contribution >= 4 is 23.5 Å². The minimum Gasteiger partial charge on any atom is -0.360 e. The third-order valence-corrected chi connectivity index (χ3v) is 4.90. The number of nitrogens with zero attached hydrogens (tertiary/aromatic N) is 5. The van der Waals surface area contributed by atoms with Gasteiger partial charge in [0.2, 0.25) is 5.91 Å². The van der Waals surface area contributed by atoms with E-state index in [4.69, 9.17) is 4.52 Å². The molecule has 26 heavy (non-hydrogen) atoms. The molecular formula is C17H18N6O2S. The van der Waals surface area contributed by atoms with Crippen LogP contribution in [0.3, 0.4) is 0 Å². The van der Waals surface area contributed by atoms with E-state index in [9.17, 15) is 4.79 Å². The van der Waals surface area contributed by atoms with Crippen molar-refractivity contribution in [2.75, 3.05) is 11.1 Å². The molecule has 4 rings (SSSR count). The molecule has 134 valence electrons. The Bertz CT molecular complexity index is 903. The molecule has 0 spiro atoms. The number of carbonyl (C=O) groups excluding carboxylic acids is 1. The predicted molar refractivity (Wildman–Crippen MR) is 96.7 cm³/mol. The Morgan fingerprint density at radius 2 is 2.31 bits per heavy atom. The fraction of sp³-hybridized carbons (Fsp3) is 0.353. The van der Waals surface area contributed by atoms with Crippen LogP contribution in [-0.4, -0.2) is 36.6 Å². The summed E-state index contributed by atoms with van der Waals surface area (Å²) in [4.78, 5) is 16.2. The van der Waals surface area contributed by atoms with Gasteiger partial charge in [-0.25, -0.2) is 0 Å². The van der Waals surface area contributed by atoms with E-state index in [2.05, 4.69) is 30.2 Å². The summed E-state index contributed by atoms with van der Waals surface area (Å²) in [5.74, 6) is 2.45. The highest BCUT2D eigenvalue weighted by Crippen LogP contribution is 2.40. The molecule has 3 aromatic rings.